The topological polar surface area (TPSA) is 224 Å². The first-order valence-corrected chi connectivity index (χ1v) is 11.2. The summed E-state index contributed by atoms with van der Waals surface area (Å²) < 4.78 is 26.1. The van der Waals surface area contributed by atoms with Crippen molar-refractivity contribution in [1.29, 1.82) is 0 Å². The van der Waals surface area contributed by atoms with E-state index in [9.17, 15) is 24.6 Å². The standard InChI is InChI=1S/C10H14N5O9P2S.3Li/c11-8-5-9(13-2-12-8)15(3-14-5)10-7(17)6(16)4(23-10)1-22-25(18,19)24-26(20,21)27;;;/h2-4,6-7,10,17H,1H2,(H,18,19)(H2,11,12,13)(H2,20,21,27);;;/q-1;3*+1/p-2/t4-,6-,7-,10-;;;/m1.../s1. The molecular weight excluding hydrogens is 449 g/mol. The van der Waals surface area contributed by atoms with Gasteiger partial charge in [-0.3, -0.25) is 13.4 Å². The Morgan fingerprint density at radius 2 is 1.93 bits per heavy atom. The number of aliphatic hydroxyl groups is 1. The molecule has 0 amide bonds. The minimum absolute atomic E-state index is 0. The second kappa shape index (κ2) is 11.7. The number of phosphoric ester groups is 1. The Labute approximate surface area is 210 Å². The number of aliphatic hydroxyl groups excluding tert-OH is 1. The summed E-state index contributed by atoms with van der Waals surface area (Å²) in [6, 6.07) is 0. The van der Waals surface area contributed by atoms with Gasteiger partial charge in [-0.05, 0) is 0 Å². The predicted octanol–water partition coefficient (Wildman–Crippen LogP) is -12.5. The largest absolute Gasteiger partial charge is 1.00 e. The van der Waals surface area contributed by atoms with Gasteiger partial charge in [0.25, 0.3) is 7.82 Å². The molecule has 1 aliphatic heterocycles. The van der Waals surface area contributed by atoms with Crippen molar-refractivity contribution in [1.82, 2.24) is 19.5 Å². The van der Waals surface area contributed by atoms with Crippen LogP contribution in [0.5, 0.6) is 0 Å². The van der Waals surface area contributed by atoms with Crippen LogP contribution in [0, 0.1) is 0 Å². The van der Waals surface area contributed by atoms with Gasteiger partial charge in [-0.2, -0.15) is 0 Å². The second-order valence-electron chi connectivity index (χ2n) is 5.40. The number of nitrogens with two attached hydrogens (primary N) is 1. The number of nitrogen functional groups attached to an aromatic ring is 1. The van der Waals surface area contributed by atoms with Crippen LogP contribution in [0.3, 0.4) is 0 Å². The molecule has 0 aromatic carbocycles. The molecule has 2 aromatic rings. The van der Waals surface area contributed by atoms with Crippen LogP contribution in [0.15, 0.2) is 12.7 Å². The van der Waals surface area contributed by atoms with Crippen molar-refractivity contribution < 1.29 is 99.6 Å². The number of hydrogen-bond donors (Lipinski definition) is 3. The summed E-state index contributed by atoms with van der Waals surface area (Å²) >= 11 is 3.92. The molecule has 3 heterocycles. The first-order valence-electron chi connectivity index (χ1n) is 7.11. The molecule has 0 radical (unpaired) electrons. The molecule has 1 fully saturated rings. The molecule has 0 saturated carbocycles. The van der Waals surface area contributed by atoms with Crippen molar-refractivity contribution in [2.45, 2.75) is 24.5 Å². The van der Waals surface area contributed by atoms with E-state index in [-0.39, 0.29) is 73.6 Å². The van der Waals surface area contributed by atoms with Gasteiger partial charge in [-0.25, -0.2) is 15.0 Å². The number of hydrogen-bond acceptors (Lipinski definition) is 13. The zero-order valence-corrected chi connectivity index (χ0v) is 18.7. The van der Waals surface area contributed by atoms with E-state index in [4.69, 9.17) is 15.4 Å². The van der Waals surface area contributed by atoms with Gasteiger partial charge in [0.15, 0.2) is 17.7 Å². The Bertz CT molecular complexity index is 951. The van der Waals surface area contributed by atoms with E-state index in [1.807, 2.05) is 0 Å². The molecule has 3 rings (SSSR count). The Balaban J connectivity index is 0.00000280. The summed E-state index contributed by atoms with van der Waals surface area (Å²) in [5, 5.41) is 22.3. The summed E-state index contributed by atoms with van der Waals surface area (Å²) in [6.07, 6.45) is -3.73. The van der Waals surface area contributed by atoms with Gasteiger partial charge in [-0.1, -0.05) is 17.9 Å². The van der Waals surface area contributed by atoms with Crippen LogP contribution >= 0.6 is 14.5 Å². The van der Waals surface area contributed by atoms with Crippen molar-refractivity contribution in [3.63, 3.8) is 0 Å². The van der Waals surface area contributed by atoms with Crippen LogP contribution in [0.25, 0.3) is 11.2 Å². The zero-order valence-electron chi connectivity index (χ0n) is 16.1. The third kappa shape index (κ3) is 7.10. The summed E-state index contributed by atoms with van der Waals surface area (Å²) in [6.45, 7) is -5.66. The fourth-order valence-corrected chi connectivity index (χ4v) is 4.72. The maximum Gasteiger partial charge on any atom is 1.00 e. The Morgan fingerprint density at radius 3 is 2.53 bits per heavy atom. The molecule has 14 nitrogen and oxygen atoms in total. The van der Waals surface area contributed by atoms with E-state index in [0.717, 1.165) is 6.33 Å². The average molecular weight is 461 g/mol. The number of anilines is 1. The number of rotatable bonds is 6. The minimum Gasteiger partial charge on any atom is -0.848 e. The SMILES string of the molecule is Nc1ncnc2c1ncn2[C@@H]1O[C@H](COP(=O)([O-])OP([O-])(O)=S)[C@@H]([O-])[C@H]1O.[Li+].[Li+].[Li+]. The quantitative estimate of drug-likeness (QED) is 0.268. The number of phosphoric acid groups is 1. The summed E-state index contributed by atoms with van der Waals surface area (Å²) in [7, 11) is -5.26. The summed E-state index contributed by atoms with van der Waals surface area (Å²) in [5.74, 6) is 0.0755. The van der Waals surface area contributed by atoms with Gasteiger partial charge in [-0.15, -0.1) is 0 Å². The van der Waals surface area contributed by atoms with E-state index in [1.54, 1.807) is 0 Å². The van der Waals surface area contributed by atoms with Gasteiger partial charge >= 0.3 is 56.6 Å². The maximum atomic E-state index is 12.2. The van der Waals surface area contributed by atoms with Crippen LogP contribution in [-0.4, -0.2) is 54.4 Å². The summed E-state index contributed by atoms with van der Waals surface area (Å²) in [4.78, 5) is 42.7. The van der Waals surface area contributed by atoms with Crippen molar-refractivity contribution in [3.8, 4) is 0 Å². The fourth-order valence-electron chi connectivity index (χ4n) is 2.45. The van der Waals surface area contributed by atoms with Crippen molar-refractivity contribution >= 4 is 43.3 Å². The maximum absolute atomic E-state index is 12.2. The van der Waals surface area contributed by atoms with E-state index in [0.29, 0.717) is 0 Å². The van der Waals surface area contributed by atoms with E-state index < -0.39 is 45.7 Å². The minimum atomic E-state index is -5.26. The molecule has 2 aromatic heterocycles. The normalized spacial score (nSPS) is 27.2. The Morgan fingerprint density at radius 1 is 1.30 bits per heavy atom. The fraction of sp³-hybridized carbons (Fsp3) is 0.500. The third-order valence-corrected chi connectivity index (χ3v) is 6.26. The Hall–Kier alpha value is 0.702. The molecule has 0 aliphatic carbocycles. The van der Waals surface area contributed by atoms with Gasteiger partial charge in [0.05, 0.1) is 25.1 Å². The van der Waals surface area contributed by atoms with Crippen LogP contribution < -0.4 is 77.2 Å². The van der Waals surface area contributed by atoms with E-state index in [2.05, 4.69) is 35.6 Å². The van der Waals surface area contributed by atoms with Crippen molar-refractivity contribution in [2.24, 2.45) is 0 Å². The van der Waals surface area contributed by atoms with E-state index >= 15 is 0 Å². The van der Waals surface area contributed by atoms with E-state index in [1.165, 1.54) is 10.9 Å². The second-order valence-corrected chi connectivity index (χ2v) is 9.52. The van der Waals surface area contributed by atoms with Gasteiger partial charge in [0, 0.05) is 0 Å². The Kier molecular flexibility index (Phi) is 12.0. The van der Waals surface area contributed by atoms with Gasteiger partial charge in [0.2, 0.25) is 0 Å². The number of aromatic nitrogens is 4. The molecule has 30 heavy (non-hydrogen) atoms. The van der Waals surface area contributed by atoms with Crippen LogP contribution in [-0.2, 0) is 29.9 Å². The molecule has 20 heteroatoms. The first kappa shape index (κ1) is 30.7. The molecule has 4 N–H and O–H groups in total. The van der Waals surface area contributed by atoms with Crippen molar-refractivity contribution in [3.05, 3.63) is 12.7 Å². The van der Waals surface area contributed by atoms with Crippen LogP contribution in [0.2, 0.25) is 0 Å². The number of imidazole rings is 1. The number of ether oxygens (including phenoxy) is 1. The molecule has 1 aliphatic rings. The molecule has 2 unspecified atom stereocenters. The summed E-state index contributed by atoms with van der Waals surface area (Å²) in [5.41, 5.74) is 6.07. The molecule has 0 bridgehead atoms. The van der Waals surface area contributed by atoms with Crippen LogP contribution in [0.1, 0.15) is 6.23 Å². The van der Waals surface area contributed by atoms with Gasteiger partial charge in [0.1, 0.15) is 18.6 Å². The van der Waals surface area contributed by atoms with Gasteiger partial charge < -0.3 is 39.9 Å². The zero-order chi connectivity index (χ0) is 20.0. The monoisotopic (exact) mass is 461 g/mol. The first-order chi connectivity index (χ1) is 12.5. The predicted molar refractivity (Wildman–Crippen MR) is 84.6 cm³/mol. The number of nitrogens with zero attached hydrogens (tertiary/aromatic N) is 4. The molecule has 6 atom stereocenters. The smallest absolute Gasteiger partial charge is 0.848 e. The number of fused-ring (bicyclic) bond motifs is 1. The van der Waals surface area contributed by atoms with Crippen LogP contribution in [0.4, 0.5) is 5.82 Å². The third-order valence-electron chi connectivity index (χ3n) is 3.57. The molecular formula is C10H12Li3N5O9P2S. The van der Waals surface area contributed by atoms with Crippen molar-refractivity contribution in [2.75, 3.05) is 12.3 Å². The molecule has 150 valence electrons. The average Bonchev–Trinajstić information content (AvgIpc) is 3.07. The molecule has 1 saturated heterocycles. The molecule has 0 spiro atoms.